The van der Waals surface area contributed by atoms with Gasteiger partial charge in [0.2, 0.25) is 0 Å². The lowest BCUT2D eigenvalue weighted by molar-refractivity contribution is -0.139. The number of aliphatic hydroxyl groups excluding tert-OH is 1. The molecule has 1 N–H and O–H groups in total. The van der Waals surface area contributed by atoms with Crippen molar-refractivity contribution >= 4 is 0 Å². The summed E-state index contributed by atoms with van der Waals surface area (Å²) in [5.74, 6) is -0.510. The molecule has 1 rings (SSSR count). The summed E-state index contributed by atoms with van der Waals surface area (Å²) in [6, 6.07) is 2.18. The van der Waals surface area contributed by atoms with Crippen molar-refractivity contribution in [3.05, 3.63) is 35.1 Å². The molecule has 0 heterocycles. The Morgan fingerprint density at radius 1 is 1.17 bits per heavy atom. The van der Waals surface area contributed by atoms with Crippen LogP contribution in [-0.2, 0) is 6.18 Å². The van der Waals surface area contributed by atoms with Gasteiger partial charge in [-0.3, -0.25) is 0 Å². The minimum Gasteiger partial charge on any atom is -0.388 e. The lowest BCUT2D eigenvalue weighted by Gasteiger charge is -2.18. The highest BCUT2D eigenvalue weighted by Gasteiger charge is 2.35. The smallest absolute Gasteiger partial charge is 0.388 e. The monoisotopic (exact) mass is 264 g/mol. The van der Waals surface area contributed by atoms with Crippen molar-refractivity contribution in [2.45, 2.75) is 39.0 Å². The first-order chi connectivity index (χ1) is 8.21. The maximum atomic E-state index is 13.0. The number of hydrogen-bond acceptors (Lipinski definition) is 1. The second-order valence-corrected chi connectivity index (χ2v) is 4.72. The third-order valence-electron chi connectivity index (χ3n) is 2.70. The predicted octanol–water partition coefficient (Wildman–Crippen LogP) is 4.31. The summed E-state index contributed by atoms with van der Waals surface area (Å²) in [5, 5.41) is 9.77. The van der Waals surface area contributed by atoms with E-state index in [0.717, 1.165) is 12.1 Å². The van der Waals surface area contributed by atoms with Crippen LogP contribution in [0.25, 0.3) is 0 Å². The first-order valence-electron chi connectivity index (χ1n) is 5.76. The fourth-order valence-electron chi connectivity index (χ4n) is 1.71. The fourth-order valence-corrected chi connectivity index (χ4v) is 1.71. The molecule has 0 aromatic heterocycles. The molecule has 0 aliphatic rings. The zero-order valence-electron chi connectivity index (χ0n) is 10.3. The lowest BCUT2D eigenvalue weighted by Crippen LogP contribution is -2.13. The average molecular weight is 264 g/mol. The van der Waals surface area contributed by atoms with Crippen LogP contribution in [0.2, 0.25) is 0 Å². The molecule has 0 amide bonds. The Balaban J connectivity index is 3.02. The molecule has 1 atom stereocenters. The van der Waals surface area contributed by atoms with Gasteiger partial charge in [0.05, 0.1) is 11.7 Å². The number of hydrogen-bond donors (Lipinski definition) is 1. The Kier molecular flexibility index (Phi) is 4.73. The molecular formula is C13H16F4O. The van der Waals surface area contributed by atoms with E-state index in [9.17, 15) is 22.7 Å². The van der Waals surface area contributed by atoms with E-state index in [2.05, 4.69) is 0 Å². The lowest BCUT2D eigenvalue weighted by atomic mass is 9.96. The van der Waals surface area contributed by atoms with E-state index >= 15 is 0 Å². The maximum Gasteiger partial charge on any atom is 0.416 e. The van der Waals surface area contributed by atoms with Gasteiger partial charge < -0.3 is 5.11 Å². The van der Waals surface area contributed by atoms with Gasteiger partial charge in [0.15, 0.2) is 0 Å². The normalized spacial score (nSPS) is 14.0. The van der Waals surface area contributed by atoms with E-state index < -0.39 is 23.7 Å². The van der Waals surface area contributed by atoms with Crippen LogP contribution in [0, 0.1) is 11.7 Å². The number of rotatable bonds is 4. The molecule has 1 nitrogen and oxygen atoms in total. The van der Waals surface area contributed by atoms with Crippen molar-refractivity contribution in [3.63, 3.8) is 0 Å². The number of aliphatic hydroxyl groups is 1. The zero-order valence-corrected chi connectivity index (χ0v) is 10.3. The molecule has 1 aromatic rings. The molecule has 1 unspecified atom stereocenters. The predicted molar refractivity (Wildman–Crippen MR) is 60.4 cm³/mol. The van der Waals surface area contributed by atoms with E-state index in [1.54, 1.807) is 0 Å². The third-order valence-corrected chi connectivity index (χ3v) is 2.70. The standard InChI is InChI=1S/C13H16F4O/c1-8(2)3-6-12(18)10-7-9(14)4-5-11(10)13(15,16)17/h4-5,7-8,12,18H,3,6H2,1-2H3. The van der Waals surface area contributed by atoms with E-state index in [-0.39, 0.29) is 17.9 Å². The highest BCUT2D eigenvalue weighted by Crippen LogP contribution is 2.36. The summed E-state index contributed by atoms with van der Waals surface area (Å²) < 4.78 is 51.1. The van der Waals surface area contributed by atoms with Crippen molar-refractivity contribution < 1.29 is 22.7 Å². The third kappa shape index (κ3) is 3.98. The molecule has 18 heavy (non-hydrogen) atoms. The van der Waals surface area contributed by atoms with Gasteiger partial charge >= 0.3 is 6.18 Å². The van der Waals surface area contributed by atoms with Crippen LogP contribution in [0.1, 0.15) is 43.9 Å². The molecule has 1 aromatic carbocycles. The average Bonchev–Trinajstić information content (AvgIpc) is 2.23. The summed E-state index contributed by atoms with van der Waals surface area (Å²) in [6.45, 7) is 3.81. The first kappa shape index (κ1) is 15.0. The van der Waals surface area contributed by atoms with Gasteiger partial charge in [-0.05, 0) is 42.5 Å². The van der Waals surface area contributed by atoms with Crippen molar-refractivity contribution in [2.24, 2.45) is 5.92 Å². The Bertz CT molecular complexity index is 398. The molecule has 5 heteroatoms. The molecule has 0 fully saturated rings. The molecule has 0 radical (unpaired) electrons. The highest BCUT2D eigenvalue weighted by atomic mass is 19.4. The number of benzene rings is 1. The van der Waals surface area contributed by atoms with Gasteiger partial charge in [0.25, 0.3) is 0 Å². The molecule has 0 bridgehead atoms. The zero-order chi connectivity index (χ0) is 13.9. The topological polar surface area (TPSA) is 20.2 Å². The van der Waals surface area contributed by atoms with Crippen LogP contribution in [0.3, 0.4) is 0 Å². The molecule has 0 saturated carbocycles. The van der Waals surface area contributed by atoms with Crippen molar-refractivity contribution in [2.75, 3.05) is 0 Å². The van der Waals surface area contributed by atoms with Gasteiger partial charge in [-0.1, -0.05) is 13.8 Å². The van der Waals surface area contributed by atoms with Crippen LogP contribution in [0.5, 0.6) is 0 Å². The summed E-state index contributed by atoms with van der Waals surface area (Å²) in [4.78, 5) is 0. The van der Waals surface area contributed by atoms with Gasteiger partial charge in [0, 0.05) is 0 Å². The van der Waals surface area contributed by atoms with Gasteiger partial charge in [-0.2, -0.15) is 13.2 Å². The summed E-state index contributed by atoms with van der Waals surface area (Å²) in [6.07, 6.45) is -5.11. The minimum atomic E-state index is -4.58. The van der Waals surface area contributed by atoms with Crippen LogP contribution in [0.15, 0.2) is 18.2 Å². The molecule has 0 aliphatic carbocycles. The summed E-state index contributed by atoms with van der Waals surface area (Å²) in [5.41, 5.74) is -1.36. The van der Waals surface area contributed by atoms with Crippen LogP contribution in [0.4, 0.5) is 17.6 Å². The van der Waals surface area contributed by atoms with Crippen molar-refractivity contribution in [3.8, 4) is 0 Å². The van der Waals surface area contributed by atoms with Crippen molar-refractivity contribution in [1.82, 2.24) is 0 Å². The number of halogens is 4. The maximum absolute atomic E-state index is 13.0. The second-order valence-electron chi connectivity index (χ2n) is 4.72. The quantitative estimate of drug-likeness (QED) is 0.803. The minimum absolute atomic E-state index is 0.185. The first-order valence-corrected chi connectivity index (χ1v) is 5.76. The largest absolute Gasteiger partial charge is 0.416 e. The van der Waals surface area contributed by atoms with E-state index in [1.807, 2.05) is 13.8 Å². The van der Waals surface area contributed by atoms with Crippen LogP contribution < -0.4 is 0 Å². The Morgan fingerprint density at radius 2 is 1.78 bits per heavy atom. The van der Waals surface area contributed by atoms with E-state index in [1.165, 1.54) is 0 Å². The second kappa shape index (κ2) is 5.69. The molecule has 0 spiro atoms. The van der Waals surface area contributed by atoms with Crippen molar-refractivity contribution in [1.29, 1.82) is 0 Å². The van der Waals surface area contributed by atoms with E-state index in [4.69, 9.17) is 0 Å². The Hall–Kier alpha value is -1.10. The van der Waals surface area contributed by atoms with E-state index in [0.29, 0.717) is 12.5 Å². The fraction of sp³-hybridized carbons (Fsp3) is 0.538. The Labute approximate surface area is 103 Å². The van der Waals surface area contributed by atoms with Gasteiger partial charge in [-0.25, -0.2) is 4.39 Å². The SMILES string of the molecule is CC(C)CCC(O)c1cc(F)ccc1C(F)(F)F. The van der Waals surface area contributed by atoms with Gasteiger partial charge in [0.1, 0.15) is 5.82 Å². The molecule has 0 saturated heterocycles. The Morgan fingerprint density at radius 3 is 2.28 bits per heavy atom. The van der Waals surface area contributed by atoms with Crippen LogP contribution >= 0.6 is 0 Å². The van der Waals surface area contributed by atoms with Crippen LogP contribution in [-0.4, -0.2) is 5.11 Å². The summed E-state index contributed by atoms with van der Waals surface area (Å²) >= 11 is 0. The highest BCUT2D eigenvalue weighted by molar-refractivity contribution is 5.32. The van der Waals surface area contributed by atoms with Gasteiger partial charge in [-0.15, -0.1) is 0 Å². The number of alkyl halides is 3. The molecule has 0 aliphatic heterocycles. The molecule has 102 valence electrons. The molecular weight excluding hydrogens is 248 g/mol. The summed E-state index contributed by atoms with van der Waals surface area (Å²) in [7, 11) is 0.